The van der Waals surface area contributed by atoms with Crippen LogP contribution in [-0.4, -0.2) is 62.0 Å². The Bertz CT molecular complexity index is 1630. The number of imidazole rings is 1. The molecule has 0 amide bonds. The van der Waals surface area contributed by atoms with Gasteiger partial charge in [-0.1, -0.05) is 12.1 Å². The van der Waals surface area contributed by atoms with Gasteiger partial charge in [0, 0.05) is 29.8 Å². The van der Waals surface area contributed by atoms with E-state index in [2.05, 4.69) is 43.4 Å². The lowest BCUT2D eigenvalue weighted by atomic mass is 9.90. The van der Waals surface area contributed by atoms with Crippen LogP contribution in [0.2, 0.25) is 0 Å². The summed E-state index contributed by atoms with van der Waals surface area (Å²) in [7, 11) is 1.67. The smallest absolute Gasteiger partial charge is 0.224 e. The molecule has 7 rings (SSSR count). The molecule has 1 aromatic carbocycles. The van der Waals surface area contributed by atoms with Crippen LogP contribution < -0.4 is 0 Å². The summed E-state index contributed by atoms with van der Waals surface area (Å²) < 4.78 is 34.1. The molecule has 1 saturated heterocycles. The summed E-state index contributed by atoms with van der Waals surface area (Å²) in [5.74, 6) is 1.29. The van der Waals surface area contributed by atoms with Gasteiger partial charge < -0.3 is 23.4 Å². The van der Waals surface area contributed by atoms with Crippen LogP contribution in [-0.2, 0) is 16.0 Å². The van der Waals surface area contributed by atoms with Gasteiger partial charge in [0.1, 0.15) is 17.1 Å². The van der Waals surface area contributed by atoms with E-state index in [-0.39, 0.29) is 18.0 Å². The summed E-state index contributed by atoms with van der Waals surface area (Å²) in [6.45, 7) is 4.10. The molecule has 0 saturated carbocycles. The fraction of sp³-hybridized carbons (Fsp3) is 0.286. The van der Waals surface area contributed by atoms with E-state index >= 15 is 4.39 Å². The van der Waals surface area contributed by atoms with Gasteiger partial charge in [0.15, 0.2) is 11.4 Å². The van der Waals surface area contributed by atoms with Crippen LogP contribution in [0.3, 0.4) is 0 Å². The molecule has 5 heterocycles. The number of benzene rings is 1. The summed E-state index contributed by atoms with van der Waals surface area (Å²) in [4.78, 5) is 11.4. The third-order valence-corrected chi connectivity index (χ3v) is 7.48. The van der Waals surface area contributed by atoms with Crippen molar-refractivity contribution in [2.75, 3.05) is 20.3 Å². The van der Waals surface area contributed by atoms with Gasteiger partial charge in [-0.15, -0.1) is 5.10 Å². The van der Waals surface area contributed by atoms with Crippen molar-refractivity contribution >= 4 is 16.7 Å². The monoisotopic (exact) mass is 512 g/mol. The molecule has 4 aromatic rings. The Hall–Kier alpha value is -4.31. The van der Waals surface area contributed by atoms with Gasteiger partial charge in [-0.25, -0.2) is 14.4 Å². The van der Waals surface area contributed by atoms with E-state index in [1.807, 2.05) is 17.6 Å². The summed E-state index contributed by atoms with van der Waals surface area (Å²) in [5, 5.41) is 8.38. The average molecular weight is 513 g/mol. The van der Waals surface area contributed by atoms with Gasteiger partial charge in [0.25, 0.3) is 0 Å². The van der Waals surface area contributed by atoms with E-state index in [1.54, 1.807) is 38.0 Å². The number of aromatic nitrogens is 5. The first-order chi connectivity index (χ1) is 18.6. The maximum absolute atomic E-state index is 15.1. The van der Waals surface area contributed by atoms with Crippen molar-refractivity contribution in [3.8, 4) is 22.5 Å². The Morgan fingerprint density at radius 2 is 2.05 bits per heavy atom. The Morgan fingerprint density at radius 3 is 2.84 bits per heavy atom. The van der Waals surface area contributed by atoms with E-state index in [1.165, 1.54) is 6.07 Å². The molecule has 0 spiro atoms. The van der Waals surface area contributed by atoms with E-state index in [0.717, 1.165) is 29.0 Å². The molecule has 1 fully saturated rings. The van der Waals surface area contributed by atoms with E-state index in [4.69, 9.17) is 13.9 Å². The Labute approximate surface area is 217 Å². The van der Waals surface area contributed by atoms with Crippen molar-refractivity contribution in [3.63, 3.8) is 0 Å². The van der Waals surface area contributed by atoms with Crippen LogP contribution in [0.4, 0.5) is 4.39 Å². The third-order valence-electron chi connectivity index (χ3n) is 7.48. The highest BCUT2D eigenvalue weighted by Gasteiger charge is 2.42. The molecule has 2 aliphatic heterocycles. The summed E-state index contributed by atoms with van der Waals surface area (Å²) in [5.41, 5.74) is 4.21. The van der Waals surface area contributed by atoms with E-state index in [0.29, 0.717) is 41.6 Å². The molecule has 192 valence electrons. The molecular weight excluding hydrogens is 487 g/mol. The molecule has 0 radical (unpaired) electrons. The van der Waals surface area contributed by atoms with Crippen LogP contribution in [0.15, 0.2) is 71.5 Å². The molecule has 2 atom stereocenters. The lowest BCUT2D eigenvalue weighted by Crippen LogP contribution is -2.50. The molecule has 10 heteroatoms. The number of ether oxygens (including phenoxy) is 2. The first kappa shape index (κ1) is 22.9. The number of methoxy groups -OCH3 is 1. The Morgan fingerprint density at radius 1 is 1.16 bits per heavy atom. The second-order valence-corrected chi connectivity index (χ2v) is 9.56. The second-order valence-electron chi connectivity index (χ2n) is 9.56. The molecule has 0 N–H and O–H groups in total. The third kappa shape index (κ3) is 3.55. The minimum atomic E-state index is -0.398. The highest BCUT2D eigenvalue weighted by molar-refractivity contribution is 5.90. The van der Waals surface area contributed by atoms with Crippen LogP contribution >= 0.6 is 0 Å². The van der Waals surface area contributed by atoms with Crippen molar-refractivity contribution in [1.29, 1.82) is 0 Å². The Kier molecular flexibility index (Phi) is 5.36. The van der Waals surface area contributed by atoms with Crippen LogP contribution in [0.1, 0.15) is 12.8 Å². The lowest BCUT2D eigenvalue weighted by Gasteiger charge is -2.39. The highest BCUT2D eigenvalue weighted by atomic mass is 19.1. The number of hydrogen-bond acceptors (Lipinski definition) is 8. The first-order valence-corrected chi connectivity index (χ1v) is 12.6. The number of aryl methyl sites for hydroxylation is 1. The summed E-state index contributed by atoms with van der Waals surface area (Å²) in [6, 6.07) is 5.26. The van der Waals surface area contributed by atoms with Crippen molar-refractivity contribution in [2.45, 2.75) is 25.6 Å². The highest BCUT2D eigenvalue weighted by Crippen LogP contribution is 2.42. The van der Waals surface area contributed by atoms with Gasteiger partial charge in [-0.3, -0.25) is 0 Å². The fourth-order valence-corrected chi connectivity index (χ4v) is 5.34. The number of rotatable bonds is 6. The summed E-state index contributed by atoms with van der Waals surface area (Å²) in [6.07, 6.45) is 13.2. The molecule has 9 nitrogen and oxygen atoms in total. The minimum Gasteiger partial charge on any atom is -0.497 e. The average Bonchev–Trinajstić information content (AvgIpc) is 3.65. The zero-order valence-electron chi connectivity index (χ0n) is 20.9. The molecule has 3 aliphatic rings. The van der Waals surface area contributed by atoms with Crippen molar-refractivity contribution in [3.05, 3.63) is 78.8 Å². The standard InChI is InChI=1S/C28H25FN6O3/c1-3-34-15-31-26-21(10-32-33-27(26)34)16-4-7-23(29)20(8-16)25-11-30-28(38-25)22-12-35(17-13-37-14-17)24-9-18(36-2)5-6-19(22)24/h4-12,15,17,19,24H,3,13-14H2,1-2H3. The van der Waals surface area contributed by atoms with Crippen LogP contribution in [0, 0.1) is 11.7 Å². The van der Waals surface area contributed by atoms with Gasteiger partial charge >= 0.3 is 0 Å². The number of oxazole rings is 1. The largest absolute Gasteiger partial charge is 0.497 e. The molecule has 38 heavy (non-hydrogen) atoms. The lowest BCUT2D eigenvalue weighted by molar-refractivity contribution is -0.0548. The molecule has 3 aromatic heterocycles. The number of allylic oxidation sites excluding steroid dienone is 1. The maximum Gasteiger partial charge on any atom is 0.224 e. The van der Waals surface area contributed by atoms with Gasteiger partial charge in [0.05, 0.1) is 56.7 Å². The molecule has 0 bridgehead atoms. The van der Waals surface area contributed by atoms with Crippen molar-refractivity contribution < 1.29 is 18.3 Å². The normalized spacial score (nSPS) is 20.9. The topological polar surface area (TPSA) is 91.3 Å². The van der Waals surface area contributed by atoms with Crippen LogP contribution in [0.5, 0.6) is 0 Å². The fourth-order valence-electron chi connectivity index (χ4n) is 5.34. The predicted octanol–water partition coefficient (Wildman–Crippen LogP) is 4.45. The second kappa shape index (κ2) is 8.91. The predicted molar refractivity (Wildman–Crippen MR) is 138 cm³/mol. The van der Waals surface area contributed by atoms with Crippen molar-refractivity contribution in [1.82, 2.24) is 29.6 Å². The number of nitrogens with zero attached hydrogens (tertiary/aromatic N) is 6. The van der Waals surface area contributed by atoms with Gasteiger partial charge in [-0.2, -0.15) is 5.10 Å². The minimum absolute atomic E-state index is 0.0436. The van der Waals surface area contributed by atoms with E-state index < -0.39 is 5.82 Å². The SMILES string of the molecule is CCn1cnc2c(-c3ccc(F)c(-c4cnc(C5=CN(C6COC6)C6C=C(OC)C=CC56)o4)c3)cnnc21. The van der Waals surface area contributed by atoms with Crippen LogP contribution in [0.25, 0.3) is 39.2 Å². The maximum atomic E-state index is 15.1. The van der Waals surface area contributed by atoms with Crippen molar-refractivity contribution in [2.24, 2.45) is 5.92 Å². The van der Waals surface area contributed by atoms with Gasteiger partial charge in [-0.05, 0) is 36.8 Å². The van der Waals surface area contributed by atoms with E-state index in [9.17, 15) is 0 Å². The zero-order chi connectivity index (χ0) is 25.8. The summed E-state index contributed by atoms with van der Waals surface area (Å²) >= 11 is 0. The molecule has 1 aliphatic carbocycles. The molecular formula is C28H25FN6O3. The Balaban J connectivity index is 1.25. The number of halogens is 1. The zero-order valence-corrected chi connectivity index (χ0v) is 20.9. The molecule has 2 unspecified atom stereocenters. The number of fused-ring (bicyclic) bond motifs is 2. The number of hydrogen-bond donors (Lipinski definition) is 0. The van der Waals surface area contributed by atoms with Gasteiger partial charge in [0.2, 0.25) is 5.89 Å². The quantitative estimate of drug-likeness (QED) is 0.374. The first-order valence-electron chi connectivity index (χ1n) is 12.6.